The molecule has 1 amide bonds. The quantitative estimate of drug-likeness (QED) is 0.350. The minimum atomic E-state index is -0.113. The number of halogens is 2. The monoisotopic (exact) mass is 493 g/mol. The average molecular weight is 494 g/mol. The maximum absolute atomic E-state index is 12.8. The summed E-state index contributed by atoms with van der Waals surface area (Å²) in [6.45, 7) is 3.63. The number of nitrogens with zero attached hydrogens (tertiary/aromatic N) is 1. The van der Waals surface area contributed by atoms with Crippen LogP contribution in [0.3, 0.4) is 0 Å². The van der Waals surface area contributed by atoms with E-state index in [1.54, 1.807) is 23.1 Å². The summed E-state index contributed by atoms with van der Waals surface area (Å²) in [4.78, 5) is 15.0. The van der Waals surface area contributed by atoms with E-state index in [-0.39, 0.29) is 12.0 Å². The second-order valence-corrected chi connectivity index (χ2v) is 10.0. The summed E-state index contributed by atoms with van der Waals surface area (Å²) in [7, 11) is 0. The van der Waals surface area contributed by atoms with E-state index in [0.717, 1.165) is 30.6 Å². The van der Waals surface area contributed by atoms with Gasteiger partial charge in [0.05, 0.1) is 27.6 Å². The second kappa shape index (κ2) is 9.92. The van der Waals surface area contributed by atoms with Crippen molar-refractivity contribution in [1.29, 1.82) is 0 Å². The van der Waals surface area contributed by atoms with Crippen molar-refractivity contribution in [3.05, 3.63) is 68.0 Å². The van der Waals surface area contributed by atoms with Crippen LogP contribution in [0.25, 0.3) is 6.08 Å². The zero-order chi connectivity index (χ0) is 22.0. The van der Waals surface area contributed by atoms with Gasteiger partial charge in [-0.05, 0) is 49.1 Å². The van der Waals surface area contributed by atoms with Crippen molar-refractivity contribution in [3.63, 3.8) is 0 Å². The predicted molar refractivity (Wildman–Crippen MR) is 131 cm³/mol. The molecule has 0 N–H and O–H groups in total. The van der Waals surface area contributed by atoms with Crippen LogP contribution in [0.2, 0.25) is 10.0 Å². The molecular formula is C23H21Cl2NO3S2. The van der Waals surface area contributed by atoms with Gasteiger partial charge in [0.25, 0.3) is 5.91 Å². The van der Waals surface area contributed by atoms with E-state index < -0.39 is 0 Å². The third kappa shape index (κ3) is 5.44. The Labute approximate surface area is 201 Å². The summed E-state index contributed by atoms with van der Waals surface area (Å²) in [6.07, 6.45) is 3.78. The first kappa shape index (κ1) is 22.6. The number of rotatable bonds is 6. The van der Waals surface area contributed by atoms with E-state index in [4.69, 9.17) is 44.9 Å². The van der Waals surface area contributed by atoms with Gasteiger partial charge < -0.3 is 9.47 Å². The highest BCUT2D eigenvalue weighted by atomic mass is 35.5. The van der Waals surface area contributed by atoms with Gasteiger partial charge in [-0.25, -0.2) is 0 Å². The van der Waals surface area contributed by atoms with Gasteiger partial charge in [0.1, 0.15) is 10.9 Å². The lowest BCUT2D eigenvalue weighted by Crippen LogP contribution is -2.35. The van der Waals surface area contributed by atoms with E-state index in [0.29, 0.717) is 38.2 Å². The number of aryl methyl sites for hydroxylation is 1. The van der Waals surface area contributed by atoms with Gasteiger partial charge in [-0.15, -0.1) is 0 Å². The highest BCUT2D eigenvalue weighted by Gasteiger charge is 2.34. The molecule has 2 aliphatic rings. The SMILES string of the molecule is Cc1ccc(COc2c(Cl)cc(/C=C3\SC(=S)N(C[C@@H]4CCCO4)C3=O)cc2Cl)cc1. The zero-order valence-electron chi connectivity index (χ0n) is 16.9. The first-order valence-electron chi connectivity index (χ1n) is 9.95. The van der Waals surface area contributed by atoms with Crippen molar-refractivity contribution in [3.8, 4) is 5.75 Å². The number of thioether (sulfide) groups is 1. The number of benzene rings is 2. The maximum atomic E-state index is 12.8. The average Bonchev–Trinajstić information content (AvgIpc) is 3.33. The molecule has 2 aromatic rings. The smallest absolute Gasteiger partial charge is 0.266 e. The lowest BCUT2D eigenvalue weighted by Gasteiger charge is -2.18. The molecule has 0 aliphatic carbocycles. The van der Waals surface area contributed by atoms with Crippen LogP contribution in [0.5, 0.6) is 5.75 Å². The third-order valence-electron chi connectivity index (χ3n) is 5.11. The second-order valence-electron chi connectivity index (χ2n) is 7.52. The Balaban J connectivity index is 1.47. The molecule has 0 radical (unpaired) electrons. The Bertz CT molecular complexity index is 1010. The molecule has 0 bridgehead atoms. The van der Waals surface area contributed by atoms with Crippen LogP contribution in [0.4, 0.5) is 0 Å². The molecule has 1 atom stereocenters. The van der Waals surface area contributed by atoms with E-state index in [1.807, 2.05) is 31.2 Å². The molecule has 2 aromatic carbocycles. The van der Waals surface area contributed by atoms with E-state index in [1.165, 1.54) is 17.3 Å². The minimum Gasteiger partial charge on any atom is -0.486 e. The van der Waals surface area contributed by atoms with Crippen molar-refractivity contribution < 1.29 is 14.3 Å². The molecule has 0 spiro atoms. The molecule has 0 aromatic heterocycles. The first-order chi connectivity index (χ1) is 14.9. The molecular weight excluding hydrogens is 473 g/mol. The first-order valence-corrected chi connectivity index (χ1v) is 11.9. The third-order valence-corrected chi connectivity index (χ3v) is 7.05. The topological polar surface area (TPSA) is 38.8 Å². The largest absolute Gasteiger partial charge is 0.486 e. The summed E-state index contributed by atoms with van der Waals surface area (Å²) in [6, 6.07) is 11.5. The Morgan fingerprint density at radius 2 is 1.97 bits per heavy atom. The number of thiocarbonyl (C=S) groups is 1. The van der Waals surface area contributed by atoms with Crippen molar-refractivity contribution in [2.45, 2.75) is 32.5 Å². The van der Waals surface area contributed by atoms with Gasteiger partial charge in [-0.2, -0.15) is 0 Å². The van der Waals surface area contributed by atoms with E-state index in [9.17, 15) is 4.79 Å². The van der Waals surface area contributed by atoms with E-state index >= 15 is 0 Å². The molecule has 162 valence electrons. The lowest BCUT2D eigenvalue weighted by molar-refractivity contribution is -0.123. The van der Waals surface area contributed by atoms with Crippen molar-refractivity contribution in [2.24, 2.45) is 0 Å². The number of hydrogen-bond acceptors (Lipinski definition) is 5. The maximum Gasteiger partial charge on any atom is 0.266 e. The molecule has 2 fully saturated rings. The summed E-state index contributed by atoms with van der Waals surface area (Å²) in [5.74, 6) is 0.310. The fourth-order valence-corrected chi connectivity index (χ4v) is 5.33. The molecule has 4 nitrogen and oxygen atoms in total. The number of carbonyl (C=O) groups excluding carboxylic acids is 1. The lowest BCUT2D eigenvalue weighted by atomic mass is 10.1. The molecule has 4 rings (SSSR count). The molecule has 2 heterocycles. The van der Waals surface area contributed by atoms with Crippen molar-refractivity contribution >= 4 is 63.5 Å². The molecule has 0 saturated carbocycles. The standard InChI is InChI=1S/C23H21Cl2NO3S2/c1-14-4-6-15(7-5-14)13-29-21-18(24)9-16(10-19(21)25)11-20-22(27)26(23(30)31-20)12-17-3-2-8-28-17/h4-7,9-11,17H,2-3,8,12-13H2,1H3/b20-11-/t17-/m0/s1. The van der Waals surface area contributed by atoms with E-state index in [2.05, 4.69) is 0 Å². The van der Waals surface area contributed by atoms with Gasteiger partial charge in [-0.1, -0.05) is 77.0 Å². The number of ether oxygens (including phenoxy) is 2. The summed E-state index contributed by atoms with van der Waals surface area (Å²) < 4.78 is 12.0. The summed E-state index contributed by atoms with van der Waals surface area (Å²) >= 11 is 19.6. The predicted octanol–water partition coefficient (Wildman–Crippen LogP) is 6.26. The van der Waals surface area contributed by atoms with Crippen LogP contribution in [0.15, 0.2) is 41.3 Å². The van der Waals surface area contributed by atoms with Crippen molar-refractivity contribution in [1.82, 2.24) is 4.90 Å². The zero-order valence-corrected chi connectivity index (χ0v) is 20.0. The van der Waals surface area contributed by atoms with Crippen LogP contribution in [-0.2, 0) is 16.1 Å². The Morgan fingerprint density at radius 1 is 1.26 bits per heavy atom. The Kier molecular flexibility index (Phi) is 7.24. The van der Waals surface area contributed by atoms with Gasteiger partial charge in [0.2, 0.25) is 0 Å². The molecule has 2 aliphatic heterocycles. The van der Waals surface area contributed by atoms with Crippen molar-refractivity contribution in [2.75, 3.05) is 13.2 Å². The minimum absolute atomic E-state index is 0.0516. The molecule has 0 unspecified atom stereocenters. The van der Waals surface area contributed by atoms with Gasteiger partial charge in [0.15, 0.2) is 5.75 Å². The Hall–Kier alpha value is -1.57. The summed E-state index contributed by atoms with van der Waals surface area (Å²) in [5, 5.41) is 0.779. The fourth-order valence-electron chi connectivity index (χ4n) is 3.44. The highest BCUT2D eigenvalue weighted by molar-refractivity contribution is 8.26. The van der Waals surface area contributed by atoms with Crippen LogP contribution in [0.1, 0.15) is 29.5 Å². The number of hydrogen-bond donors (Lipinski definition) is 0. The van der Waals surface area contributed by atoms with Crippen LogP contribution in [-0.4, -0.2) is 34.4 Å². The van der Waals surface area contributed by atoms with Gasteiger partial charge in [0, 0.05) is 6.61 Å². The van der Waals surface area contributed by atoms with Crippen LogP contribution < -0.4 is 4.74 Å². The van der Waals surface area contributed by atoms with Gasteiger partial charge in [-0.3, -0.25) is 9.69 Å². The Morgan fingerprint density at radius 3 is 2.61 bits per heavy atom. The van der Waals surface area contributed by atoms with Crippen LogP contribution >= 0.6 is 47.2 Å². The van der Waals surface area contributed by atoms with Crippen LogP contribution in [0, 0.1) is 6.92 Å². The highest BCUT2D eigenvalue weighted by Crippen LogP contribution is 2.38. The molecule has 31 heavy (non-hydrogen) atoms. The number of amides is 1. The molecule has 2 saturated heterocycles. The summed E-state index contributed by atoms with van der Waals surface area (Å²) in [5.41, 5.74) is 2.93. The number of carbonyl (C=O) groups is 1. The fraction of sp³-hybridized carbons (Fsp3) is 0.304. The van der Waals surface area contributed by atoms with Gasteiger partial charge >= 0.3 is 0 Å². The normalized spacial score (nSPS) is 20.2. The molecule has 8 heteroatoms.